The number of likely N-dealkylation sites (tertiary alicyclic amines) is 1. The maximum Gasteiger partial charge on any atom is 0.255 e. The van der Waals surface area contributed by atoms with Crippen molar-refractivity contribution in [3.63, 3.8) is 0 Å². The third-order valence-corrected chi connectivity index (χ3v) is 8.87. The van der Waals surface area contributed by atoms with Crippen LogP contribution in [0.25, 0.3) is 0 Å². The third-order valence-electron chi connectivity index (χ3n) is 8.87. The number of ether oxygens (including phenoxy) is 3. The molecule has 2 aromatic rings. The first-order valence-electron chi connectivity index (χ1n) is 14.1. The zero-order valence-corrected chi connectivity index (χ0v) is 21.9. The second-order valence-corrected chi connectivity index (χ2v) is 11.3. The number of nitrogens with zero attached hydrogens (tertiary/aromatic N) is 2. The number of carbonyl (C=O) groups excluding carboxylic acids is 3. The molecule has 2 saturated heterocycles. The van der Waals surface area contributed by atoms with Crippen LogP contribution in [-0.4, -0.2) is 72.0 Å². The Kier molecular flexibility index (Phi) is 6.18. The van der Waals surface area contributed by atoms with Crippen molar-refractivity contribution < 1.29 is 28.6 Å². The Bertz CT molecular complexity index is 1320. The van der Waals surface area contributed by atoms with Gasteiger partial charge in [-0.1, -0.05) is 12.5 Å². The van der Waals surface area contributed by atoms with Gasteiger partial charge in [0, 0.05) is 43.6 Å². The van der Waals surface area contributed by atoms with E-state index in [1.165, 1.54) is 12.0 Å². The summed E-state index contributed by atoms with van der Waals surface area (Å²) in [4.78, 5) is 41.1. The Balaban J connectivity index is 1.01. The smallest absolute Gasteiger partial charge is 0.255 e. The van der Waals surface area contributed by atoms with Gasteiger partial charge in [0.15, 0.2) is 11.5 Å². The number of piperidine rings is 1. The molecular weight excluding hydrogens is 498 g/mol. The molecule has 0 radical (unpaired) electrons. The van der Waals surface area contributed by atoms with Gasteiger partial charge in [-0.05, 0) is 67.1 Å². The lowest BCUT2D eigenvalue weighted by molar-refractivity contribution is -0.136. The highest BCUT2D eigenvalue weighted by molar-refractivity contribution is 6.05. The van der Waals surface area contributed by atoms with Gasteiger partial charge >= 0.3 is 0 Å². The molecule has 9 heteroatoms. The van der Waals surface area contributed by atoms with Crippen LogP contribution in [0.1, 0.15) is 65.9 Å². The Morgan fingerprint density at radius 3 is 2.56 bits per heavy atom. The van der Waals surface area contributed by atoms with E-state index in [1.807, 2.05) is 24.3 Å². The second-order valence-electron chi connectivity index (χ2n) is 11.3. The fourth-order valence-corrected chi connectivity index (χ4v) is 6.74. The van der Waals surface area contributed by atoms with Crippen molar-refractivity contribution in [2.45, 2.75) is 69.2 Å². The van der Waals surface area contributed by atoms with Gasteiger partial charge in [0.2, 0.25) is 11.8 Å². The molecule has 1 aliphatic carbocycles. The van der Waals surface area contributed by atoms with Gasteiger partial charge in [-0.3, -0.25) is 24.6 Å². The van der Waals surface area contributed by atoms with Crippen LogP contribution in [0.3, 0.4) is 0 Å². The Labute approximate surface area is 227 Å². The van der Waals surface area contributed by atoms with Crippen LogP contribution in [0.5, 0.6) is 17.2 Å². The van der Waals surface area contributed by atoms with Crippen LogP contribution in [0, 0.1) is 0 Å². The van der Waals surface area contributed by atoms with Crippen LogP contribution >= 0.6 is 0 Å². The average molecular weight is 532 g/mol. The van der Waals surface area contributed by atoms with E-state index in [2.05, 4.69) is 22.3 Å². The summed E-state index contributed by atoms with van der Waals surface area (Å²) in [5.74, 6) is 2.10. The van der Waals surface area contributed by atoms with E-state index in [4.69, 9.17) is 14.2 Å². The van der Waals surface area contributed by atoms with E-state index in [-0.39, 0.29) is 24.3 Å². The van der Waals surface area contributed by atoms with Crippen molar-refractivity contribution in [2.24, 2.45) is 0 Å². The van der Waals surface area contributed by atoms with Gasteiger partial charge in [0.1, 0.15) is 31.1 Å². The molecule has 4 aliphatic heterocycles. The summed E-state index contributed by atoms with van der Waals surface area (Å²) in [6, 6.07) is 11.7. The molecule has 4 heterocycles. The normalized spacial score (nSPS) is 27.1. The number of benzene rings is 2. The summed E-state index contributed by atoms with van der Waals surface area (Å²) < 4.78 is 18.0. The molecular formula is C30H33N3O6. The number of carbonyl (C=O) groups is 3. The number of fused-ring (bicyclic) bond motifs is 2. The van der Waals surface area contributed by atoms with Gasteiger partial charge in [0.25, 0.3) is 5.91 Å². The number of rotatable bonds is 5. The molecule has 7 rings (SSSR count). The highest BCUT2D eigenvalue weighted by atomic mass is 16.6. The summed E-state index contributed by atoms with van der Waals surface area (Å²) in [5.41, 5.74) is 2.78. The summed E-state index contributed by atoms with van der Waals surface area (Å²) in [6.45, 7) is 3.56. The minimum absolute atomic E-state index is 0.0985. The van der Waals surface area contributed by atoms with E-state index in [0.29, 0.717) is 43.7 Å². The van der Waals surface area contributed by atoms with Gasteiger partial charge in [-0.25, -0.2) is 0 Å². The number of imide groups is 1. The first kappa shape index (κ1) is 24.5. The van der Waals surface area contributed by atoms with Crippen molar-refractivity contribution in [3.05, 3.63) is 53.1 Å². The van der Waals surface area contributed by atoms with Crippen molar-refractivity contribution >= 4 is 17.7 Å². The predicted molar refractivity (Wildman–Crippen MR) is 141 cm³/mol. The predicted octanol–water partition coefficient (Wildman–Crippen LogP) is 3.01. The monoisotopic (exact) mass is 531 g/mol. The van der Waals surface area contributed by atoms with Gasteiger partial charge in [-0.15, -0.1) is 0 Å². The van der Waals surface area contributed by atoms with Gasteiger partial charge in [-0.2, -0.15) is 0 Å². The molecule has 39 heavy (non-hydrogen) atoms. The summed E-state index contributed by atoms with van der Waals surface area (Å²) in [5, 5.41) is 2.36. The largest absolute Gasteiger partial charge is 0.489 e. The lowest BCUT2D eigenvalue weighted by atomic mass is 9.84. The van der Waals surface area contributed by atoms with Gasteiger partial charge in [0.05, 0.1) is 0 Å². The number of hydrogen-bond acceptors (Lipinski definition) is 7. The van der Waals surface area contributed by atoms with Crippen LogP contribution in [-0.2, 0) is 16.1 Å². The third kappa shape index (κ3) is 4.52. The molecule has 2 aromatic carbocycles. The molecule has 0 spiro atoms. The summed E-state index contributed by atoms with van der Waals surface area (Å²) >= 11 is 0. The lowest BCUT2D eigenvalue weighted by Gasteiger charge is -2.48. The summed E-state index contributed by atoms with van der Waals surface area (Å²) in [7, 11) is 0. The van der Waals surface area contributed by atoms with E-state index in [0.717, 1.165) is 55.2 Å². The average Bonchev–Trinajstić information content (AvgIpc) is 3.24. The molecule has 3 atom stereocenters. The van der Waals surface area contributed by atoms with Crippen LogP contribution in [0.4, 0.5) is 0 Å². The number of nitrogens with one attached hydrogen (secondary N) is 1. The second kappa shape index (κ2) is 9.86. The van der Waals surface area contributed by atoms with Crippen LogP contribution < -0.4 is 19.5 Å². The first-order valence-corrected chi connectivity index (χ1v) is 14.1. The SMILES string of the molecule is O=C1CCC(N2Cc3cc(O[C@@H]4CCCC[C@@H]4N4CC(c5ccc6c(c5)OCCO6)C4)ccc3C2=O)C(=O)N1. The molecule has 3 amide bonds. The lowest BCUT2D eigenvalue weighted by Crippen LogP contribution is -2.57. The Morgan fingerprint density at radius 1 is 0.897 bits per heavy atom. The van der Waals surface area contributed by atoms with Crippen molar-refractivity contribution in [1.29, 1.82) is 0 Å². The maximum absolute atomic E-state index is 13.0. The molecule has 1 unspecified atom stereocenters. The van der Waals surface area contributed by atoms with Crippen molar-refractivity contribution in [3.8, 4) is 17.2 Å². The topological polar surface area (TPSA) is 97.4 Å². The minimum Gasteiger partial charge on any atom is -0.489 e. The molecule has 3 fully saturated rings. The zero-order chi connectivity index (χ0) is 26.5. The van der Waals surface area contributed by atoms with Crippen molar-refractivity contribution in [2.75, 3.05) is 26.3 Å². The standard InChI is InChI=1S/C30H33N3O6/c34-28-10-8-24(29(35)31-28)33-17-19-13-21(6-7-22(19)30(33)36)39-25-4-2-1-3-23(25)32-15-20(16-32)18-5-9-26-27(14-18)38-12-11-37-26/h5-7,9,13-14,20,23-25H,1-4,8,10-12,15-17H2,(H,31,34,35)/t23-,24?,25+/m0/s1. The highest BCUT2D eigenvalue weighted by Gasteiger charge is 2.41. The zero-order valence-electron chi connectivity index (χ0n) is 21.9. The first-order chi connectivity index (χ1) is 19.0. The maximum atomic E-state index is 13.0. The fourth-order valence-electron chi connectivity index (χ4n) is 6.74. The molecule has 204 valence electrons. The van der Waals surface area contributed by atoms with Crippen molar-refractivity contribution in [1.82, 2.24) is 15.1 Å². The highest BCUT2D eigenvalue weighted by Crippen LogP contribution is 2.39. The molecule has 1 N–H and O–H groups in total. The Hall–Kier alpha value is -3.59. The molecule has 0 aromatic heterocycles. The molecule has 1 saturated carbocycles. The molecule has 5 aliphatic rings. The van der Waals surface area contributed by atoms with E-state index >= 15 is 0 Å². The number of amides is 3. The van der Waals surface area contributed by atoms with E-state index < -0.39 is 11.9 Å². The summed E-state index contributed by atoms with van der Waals surface area (Å²) in [6.07, 6.45) is 5.18. The molecule has 9 nitrogen and oxygen atoms in total. The Morgan fingerprint density at radius 2 is 1.72 bits per heavy atom. The van der Waals surface area contributed by atoms with E-state index in [1.54, 1.807) is 4.90 Å². The molecule has 0 bridgehead atoms. The number of hydrogen-bond donors (Lipinski definition) is 1. The van der Waals surface area contributed by atoms with Crippen LogP contribution in [0.2, 0.25) is 0 Å². The van der Waals surface area contributed by atoms with E-state index in [9.17, 15) is 14.4 Å². The quantitative estimate of drug-likeness (QED) is 0.593. The minimum atomic E-state index is -0.608. The van der Waals surface area contributed by atoms with Crippen LogP contribution in [0.15, 0.2) is 36.4 Å². The fraction of sp³-hybridized carbons (Fsp3) is 0.500. The van der Waals surface area contributed by atoms with Gasteiger partial charge < -0.3 is 19.1 Å².